The topological polar surface area (TPSA) is 77.8 Å². The molecule has 0 saturated heterocycles. The maximum atomic E-state index is 13.1. The van der Waals surface area contributed by atoms with Crippen molar-refractivity contribution < 1.29 is 14.3 Å². The van der Waals surface area contributed by atoms with E-state index in [-0.39, 0.29) is 11.9 Å². The first-order valence-electron chi connectivity index (χ1n) is 10.9. The van der Waals surface area contributed by atoms with Crippen LogP contribution in [0, 0.1) is 18.8 Å². The van der Waals surface area contributed by atoms with E-state index < -0.39 is 0 Å². The van der Waals surface area contributed by atoms with Crippen molar-refractivity contribution in [3.05, 3.63) is 29.5 Å². The van der Waals surface area contributed by atoms with E-state index in [0.29, 0.717) is 35.9 Å². The third kappa shape index (κ3) is 4.16. The van der Waals surface area contributed by atoms with Crippen molar-refractivity contribution in [2.75, 3.05) is 13.7 Å². The van der Waals surface area contributed by atoms with E-state index >= 15 is 0 Å². The van der Waals surface area contributed by atoms with Gasteiger partial charge in [-0.15, -0.1) is 0 Å². The van der Waals surface area contributed by atoms with Crippen LogP contribution in [0.15, 0.2) is 12.4 Å². The molecule has 29 heavy (non-hydrogen) atoms. The number of carbonyl (C=O) groups is 1. The average molecular weight is 401 g/mol. The minimum absolute atomic E-state index is 0.124. The Balaban J connectivity index is 1.47. The van der Waals surface area contributed by atoms with Crippen molar-refractivity contribution in [1.29, 1.82) is 0 Å². The molecular formula is C22H32N4O3. The van der Waals surface area contributed by atoms with Crippen LogP contribution in [0.25, 0.3) is 5.65 Å². The molecule has 2 heterocycles. The zero-order chi connectivity index (χ0) is 20.4. The molecule has 0 radical (unpaired) electrons. The number of amides is 1. The average Bonchev–Trinajstić information content (AvgIpc) is 3.20. The van der Waals surface area contributed by atoms with Gasteiger partial charge in [0.15, 0.2) is 11.3 Å². The molecule has 2 fully saturated rings. The van der Waals surface area contributed by atoms with Crippen LogP contribution >= 0.6 is 0 Å². The standard InChI is InChI=1S/C22H32N4O3/c1-4-5-8-29-18-10-15-6-7-16(11-18)19(15)25-22(27)20-21-24-14(2)9-17(12-28-3)26(21)13-23-20/h9,13,15-16,18-19H,4-8,10-12H2,1-3H3,(H,25,27)/t15-,16?,18+,19-/m0/s1. The first-order chi connectivity index (χ1) is 14.1. The Morgan fingerprint density at radius 1 is 1.31 bits per heavy atom. The highest BCUT2D eigenvalue weighted by Crippen LogP contribution is 2.43. The van der Waals surface area contributed by atoms with Gasteiger partial charge in [-0.2, -0.15) is 0 Å². The first-order valence-corrected chi connectivity index (χ1v) is 10.9. The molecule has 0 aromatic carbocycles. The van der Waals surface area contributed by atoms with Gasteiger partial charge in [0, 0.05) is 25.5 Å². The van der Waals surface area contributed by atoms with Gasteiger partial charge in [-0.25, -0.2) is 9.97 Å². The summed E-state index contributed by atoms with van der Waals surface area (Å²) in [5, 5.41) is 3.29. The van der Waals surface area contributed by atoms with Gasteiger partial charge in [-0.1, -0.05) is 13.3 Å². The lowest BCUT2D eigenvalue weighted by atomic mass is 9.82. The van der Waals surface area contributed by atoms with Gasteiger partial charge < -0.3 is 14.8 Å². The highest BCUT2D eigenvalue weighted by Gasteiger charge is 2.44. The molecular weight excluding hydrogens is 368 g/mol. The summed E-state index contributed by atoms with van der Waals surface area (Å²) in [6.45, 7) is 5.41. The van der Waals surface area contributed by atoms with Gasteiger partial charge in [0.2, 0.25) is 0 Å². The number of hydrogen-bond donors (Lipinski definition) is 1. The lowest BCUT2D eigenvalue weighted by molar-refractivity contribution is -0.00121. The zero-order valence-electron chi connectivity index (χ0n) is 17.7. The number of ether oxygens (including phenoxy) is 2. The quantitative estimate of drug-likeness (QED) is 0.688. The summed E-state index contributed by atoms with van der Waals surface area (Å²) in [5.41, 5.74) is 2.78. The lowest BCUT2D eigenvalue weighted by Crippen LogP contribution is -2.46. The summed E-state index contributed by atoms with van der Waals surface area (Å²) >= 11 is 0. The summed E-state index contributed by atoms with van der Waals surface area (Å²) in [6.07, 6.45) is 8.73. The molecule has 2 aliphatic rings. The monoisotopic (exact) mass is 400 g/mol. The fraction of sp³-hybridized carbons (Fsp3) is 0.682. The molecule has 2 bridgehead atoms. The fourth-order valence-corrected chi connectivity index (χ4v) is 5.05. The predicted octanol–water partition coefficient (Wildman–Crippen LogP) is 3.29. The van der Waals surface area contributed by atoms with Crippen LogP contribution < -0.4 is 5.32 Å². The number of hydrogen-bond acceptors (Lipinski definition) is 5. The molecule has 1 unspecified atom stereocenters. The van der Waals surface area contributed by atoms with E-state index in [9.17, 15) is 4.79 Å². The Hall–Kier alpha value is -1.99. The number of aromatic nitrogens is 3. The number of aryl methyl sites for hydroxylation is 1. The van der Waals surface area contributed by atoms with Gasteiger partial charge >= 0.3 is 0 Å². The molecule has 2 saturated carbocycles. The molecule has 2 aromatic heterocycles. The molecule has 4 rings (SSSR count). The Labute approximate surface area is 172 Å². The van der Waals surface area contributed by atoms with Crippen molar-refractivity contribution in [2.45, 2.75) is 71.1 Å². The van der Waals surface area contributed by atoms with Crippen molar-refractivity contribution in [3.63, 3.8) is 0 Å². The normalized spacial score (nSPS) is 26.2. The zero-order valence-corrected chi connectivity index (χ0v) is 17.7. The lowest BCUT2D eigenvalue weighted by Gasteiger charge is -2.35. The molecule has 0 spiro atoms. The minimum atomic E-state index is -0.124. The Kier molecular flexibility index (Phi) is 6.15. The molecule has 4 atom stereocenters. The van der Waals surface area contributed by atoms with E-state index in [1.165, 1.54) is 12.8 Å². The van der Waals surface area contributed by atoms with Gasteiger partial charge in [0.05, 0.1) is 18.4 Å². The largest absolute Gasteiger partial charge is 0.378 e. The van der Waals surface area contributed by atoms with Crippen LogP contribution in [0.5, 0.6) is 0 Å². The van der Waals surface area contributed by atoms with Crippen LogP contribution in [0.4, 0.5) is 0 Å². The number of carbonyl (C=O) groups excluding carboxylic acids is 1. The molecule has 2 aliphatic carbocycles. The van der Waals surface area contributed by atoms with E-state index in [0.717, 1.165) is 43.7 Å². The first kappa shape index (κ1) is 20.3. The molecule has 7 nitrogen and oxygen atoms in total. The summed E-state index contributed by atoms with van der Waals surface area (Å²) < 4.78 is 13.2. The fourth-order valence-electron chi connectivity index (χ4n) is 5.05. The van der Waals surface area contributed by atoms with Gasteiger partial charge in [0.1, 0.15) is 6.33 Å². The molecule has 1 N–H and O–H groups in total. The van der Waals surface area contributed by atoms with Crippen LogP contribution in [0.2, 0.25) is 0 Å². The van der Waals surface area contributed by atoms with Crippen molar-refractivity contribution in [3.8, 4) is 0 Å². The molecule has 2 aromatic rings. The summed E-state index contributed by atoms with van der Waals surface area (Å²) in [6, 6.07) is 2.17. The van der Waals surface area contributed by atoms with Gasteiger partial charge in [-0.05, 0) is 56.9 Å². The predicted molar refractivity (Wildman–Crippen MR) is 110 cm³/mol. The smallest absolute Gasteiger partial charge is 0.274 e. The number of nitrogens with zero attached hydrogens (tertiary/aromatic N) is 3. The van der Waals surface area contributed by atoms with E-state index in [4.69, 9.17) is 9.47 Å². The van der Waals surface area contributed by atoms with Crippen molar-refractivity contribution >= 4 is 11.6 Å². The second kappa shape index (κ2) is 8.79. The van der Waals surface area contributed by atoms with Crippen molar-refractivity contribution in [1.82, 2.24) is 19.7 Å². The number of nitrogens with one attached hydrogen (secondary N) is 1. The van der Waals surface area contributed by atoms with Gasteiger partial charge in [0.25, 0.3) is 5.91 Å². The minimum Gasteiger partial charge on any atom is -0.378 e. The Morgan fingerprint density at radius 2 is 2.07 bits per heavy atom. The second-order valence-corrected chi connectivity index (χ2v) is 8.52. The number of rotatable bonds is 8. The maximum absolute atomic E-state index is 13.1. The number of fused-ring (bicyclic) bond motifs is 3. The number of unbranched alkanes of at least 4 members (excludes halogenated alkanes) is 1. The second-order valence-electron chi connectivity index (χ2n) is 8.52. The van der Waals surface area contributed by atoms with Crippen LogP contribution in [-0.4, -0.2) is 46.1 Å². The van der Waals surface area contributed by atoms with Crippen LogP contribution in [0.3, 0.4) is 0 Å². The molecule has 1 amide bonds. The Morgan fingerprint density at radius 3 is 2.76 bits per heavy atom. The van der Waals surface area contributed by atoms with E-state index in [1.807, 2.05) is 17.4 Å². The van der Waals surface area contributed by atoms with Gasteiger partial charge in [-0.3, -0.25) is 9.20 Å². The maximum Gasteiger partial charge on any atom is 0.274 e. The van der Waals surface area contributed by atoms with Crippen LogP contribution in [-0.2, 0) is 16.1 Å². The third-order valence-electron chi connectivity index (χ3n) is 6.42. The highest BCUT2D eigenvalue weighted by atomic mass is 16.5. The van der Waals surface area contributed by atoms with E-state index in [2.05, 4.69) is 22.2 Å². The number of imidazole rings is 1. The molecule has 0 aliphatic heterocycles. The highest BCUT2D eigenvalue weighted by molar-refractivity contribution is 5.98. The van der Waals surface area contributed by atoms with E-state index in [1.54, 1.807) is 13.4 Å². The third-order valence-corrected chi connectivity index (χ3v) is 6.42. The molecule has 7 heteroatoms. The van der Waals surface area contributed by atoms with Crippen LogP contribution in [0.1, 0.15) is 67.3 Å². The SMILES string of the molecule is CCCCO[C@H]1CC2CC[C@@H](C1)[C@@H]2NC(=O)c1ncn2c(COC)cc(C)nc12. The summed E-state index contributed by atoms with van der Waals surface area (Å²) in [4.78, 5) is 22.0. The van der Waals surface area contributed by atoms with Crippen molar-refractivity contribution in [2.24, 2.45) is 11.8 Å². The summed E-state index contributed by atoms with van der Waals surface area (Å²) in [5.74, 6) is 0.870. The Bertz CT molecular complexity index is 851. The molecule has 158 valence electrons. The summed E-state index contributed by atoms with van der Waals surface area (Å²) in [7, 11) is 1.66. The number of methoxy groups -OCH3 is 1.